The van der Waals surface area contributed by atoms with Gasteiger partial charge in [0.15, 0.2) is 11.5 Å². The normalized spacial score (nSPS) is 11.2. The van der Waals surface area contributed by atoms with E-state index in [0.29, 0.717) is 50.9 Å². The molecule has 8 nitrogen and oxygen atoms in total. The summed E-state index contributed by atoms with van der Waals surface area (Å²) in [6.45, 7) is 3.51. The van der Waals surface area contributed by atoms with Gasteiger partial charge in [0, 0.05) is 13.7 Å². The van der Waals surface area contributed by atoms with Gasteiger partial charge in [0.25, 0.3) is 0 Å². The molecule has 0 aromatic carbocycles. The first-order chi connectivity index (χ1) is 9.83. The number of rotatable bonds is 9. The molecule has 0 aliphatic carbocycles. The number of hydrogen-bond donors (Lipinski definition) is 1. The van der Waals surface area contributed by atoms with Gasteiger partial charge in [-0.25, -0.2) is 15.0 Å². The van der Waals surface area contributed by atoms with E-state index in [4.69, 9.17) is 19.9 Å². The Morgan fingerprint density at radius 2 is 1.80 bits per heavy atom. The number of nitrogens with zero attached hydrogens (tertiary/aromatic N) is 4. The SMILES string of the molecule is COCCOCCOCCn1cnc2c(N)ncnc21. The summed E-state index contributed by atoms with van der Waals surface area (Å²) in [4.78, 5) is 12.3. The first-order valence-electron chi connectivity index (χ1n) is 6.38. The third kappa shape index (κ3) is 3.86. The van der Waals surface area contributed by atoms with E-state index in [9.17, 15) is 0 Å². The molecule has 0 saturated carbocycles. The number of methoxy groups -OCH3 is 1. The molecule has 2 rings (SSSR count). The van der Waals surface area contributed by atoms with E-state index in [2.05, 4.69) is 15.0 Å². The fourth-order valence-electron chi connectivity index (χ4n) is 1.69. The lowest BCUT2D eigenvalue weighted by molar-refractivity contribution is 0.0232. The van der Waals surface area contributed by atoms with Gasteiger partial charge in [0.2, 0.25) is 0 Å². The van der Waals surface area contributed by atoms with Crippen molar-refractivity contribution in [3.05, 3.63) is 12.7 Å². The largest absolute Gasteiger partial charge is 0.382 e. The number of nitrogens with two attached hydrogens (primary N) is 1. The van der Waals surface area contributed by atoms with E-state index in [0.717, 1.165) is 5.65 Å². The summed E-state index contributed by atoms with van der Waals surface area (Å²) < 4.78 is 17.5. The molecule has 0 aliphatic rings. The maximum Gasteiger partial charge on any atom is 0.165 e. The molecule has 2 aromatic heterocycles. The fraction of sp³-hybridized carbons (Fsp3) is 0.583. The second-order valence-electron chi connectivity index (χ2n) is 4.09. The van der Waals surface area contributed by atoms with Crippen molar-refractivity contribution in [3.63, 3.8) is 0 Å². The standard InChI is InChI=1S/C12H19N5O3/c1-18-4-5-20-7-6-19-3-2-17-9-16-10-11(13)14-8-15-12(10)17/h8-9H,2-7H2,1H3,(H2,13,14,15). The summed E-state index contributed by atoms with van der Waals surface area (Å²) in [6, 6.07) is 0. The topological polar surface area (TPSA) is 97.3 Å². The molecule has 110 valence electrons. The molecule has 0 amide bonds. The van der Waals surface area contributed by atoms with Crippen LogP contribution in [-0.2, 0) is 20.8 Å². The van der Waals surface area contributed by atoms with Crippen molar-refractivity contribution < 1.29 is 14.2 Å². The Kier molecular flexibility index (Phi) is 5.66. The smallest absolute Gasteiger partial charge is 0.165 e. The van der Waals surface area contributed by atoms with Gasteiger partial charge < -0.3 is 24.5 Å². The predicted molar refractivity (Wildman–Crippen MR) is 73.2 cm³/mol. The Morgan fingerprint density at radius 1 is 1.05 bits per heavy atom. The minimum atomic E-state index is 0.390. The highest BCUT2D eigenvalue weighted by Crippen LogP contribution is 2.13. The quantitative estimate of drug-likeness (QED) is 0.650. The highest BCUT2D eigenvalue weighted by Gasteiger charge is 2.06. The third-order valence-corrected chi connectivity index (χ3v) is 2.71. The molecule has 0 spiro atoms. The maximum absolute atomic E-state index is 5.72. The summed E-state index contributed by atoms with van der Waals surface area (Å²) in [6.07, 6.45) is 3.12. The van der Waals surface area contributed by atoms with Crippen LogP contribution in [0.25, 0.3) is 11.2 Å². The highest BCUT2D eigenvalue weighted by molar-refractivity contribution is 5.80. The highest BCUT2D eigenvalue weighted by atomic mass is 16.5. The van der Waals surface area contributed by atoms with Crippen LogP contribution < -0.4 is 5.73 Å². The van der Waals surface area contributed by atoms with E-state index >= 15 is 0 Å². The van der Waals surface area contributed by atoms with Gasteiger partial charge in [-0.3, -0.25) is 0 Å². The number of ether oxygens (including phenoxy) is 3. The average molecular weight is 281 g/mol. The number of anilines is 1. The molecule has 8 heteroatoms. The Morgan fingerprint density at radius 3 is 2.60 bits per heavy atom. The number of hydrogen-bond acceptors (Lipinski definition) is 7. The van der Waals surface area contributed by atoms with Crippen molar-refractivity contribution in [1.29, 1.82) is 0 Å². The van der Waals surface area contributed by atoms with Crippen LogP contribution >= 0.6 is 0 Å². The van der Waals surface area contributed by atoms with Crippen molar-refractivity contribution in [2.75, 3.05) is 45.9 Å². The lowest BCUT2D eigenvalue weighted by Gasteiger charge is -2.06. The van der Waals surface area contributed by atoms with E-state index in [1.807, 2.05) is 4.57 Å². The van der Waals surface area contributed by atoms with E-state index in [1.165, 1.54) is 6.33 Å². The summed E-state index contributed by atoms with van der Waals surface area (Å²) in [5, 5.41) is 0. The molecule has 0 saturated heterocycles. The zero-order valence-electron chi connectivity index (χ0n) is 11.5. The molecule has 0 atom stereocenters. The van der Waals surface area contributed by atoms with Gasteiger partial charge in [0.05, 0.1) is 39.4 Å². The van der Waals surface area contributed by atoms with Gasteiger partial charge in [0.1, 0.15) is 11.8 Å². The molecule has 0 radical (unpaired) electrons. The van der Waals surface area contributed by atoms with Gasteiger partial charge in [-0.15, -0.1) is 0 Å². The number of imidazole rings is 1. The zero-order chi connectivity index (χ0) is 14.2. The summed E-state index contributed by atoms with van der Waals surface area (Å²) in [5.74, 6) is 0.390. The molecule has 0 unspecified atom stereocenters. The van der Waals surface area contributed by atoms with Gasteiger partial charge in [-0.05, 0) is 0 Å². The van der Waals surface area contributed by atoms with Gasteiger partial charge in [-0.1, -0.05) is 0 Å². The minimum Gasteiger partial charge on any atom is -0.382 e. The fourth-order valence-corrected chi connectivity index (χ4v) is 1.69. The van der Waals surface area contributed by atoms with Crippen LogP contribution in [0.2, 0.25) is 0 Å². The maximum atomic E-state index is 5.72. The number of aromatic nitrogens is 4. The lowest BCUT2D eigenvalue weighted by atomic mass is 10.5. The number of fused-ring (bicyclic) bond motifs is 1. The van der Waals surface area contributed by atoms with Crippen LogP contribution in [0, 0.1) is 0 Å². The predicted octanol–water partition coefficient (Wildman–Crippen LogP) is 0.0881. The number of nitrogen functional groups attached to an aromatic ring is 1. The van der Waals surface area contributed by atoms with Crippen LogP contribution in [-0.4, -0.2) is 59.7 Å². The molecule has 0 bridgehead atoms. The summed E-state index contributed by atoms with van der Waals surface area (Å²) >= 11 is 0. The van der Waals surface area contributed by atoms with Crippen LogP contribution in [0.3, 0.4) is 0 Å². The van der Waals surface area contributed by atoms with Crippen molar-refractivity contribution in [1.82, 2.24) is 19.5 Å². The van der Waals surface area contributed by atoms with Crippen molar-refractivity contribution in [2.24, 2.45) is 0 Å². The van der Waals surface area contributed by atoms with Crippen LogP contribution in [0.15, 0.2) is 12.7 Å². The first-order valence-corrected chi connectivity index (χ1v) is 6.38. The molecule has 2 aromatic rings. The van der Waals surface area contributed by atoms with E-state index in [1.54, 1.807) is 13.4 Å². The second kappa shape index (κ2) is 7.73. The molecular formula is C12H19N5O3. The first kappa shape index (κ1) is 14.6. The van der Waals surface area contributed by atoms with E-state index in [-0.39, 0.29) is 0 Å². The summed E-state index contributed by atoms with van der Waals surface area (Å²) in [7, 11) is 1.64. The Balaban J connectivity index is 1.70. The molecule has 2 heterocycles. The van der Waals surface area contributed by atoms with Crippen LogP contribution in [0.4, 0.5) is 5.82 Å². The molecule has 0 aliphatic heterocycles. The average Bonchev–Trinajstić information content (AvgIpc) is 2.87. The van der Waals surface area contributed by atoms with Gasteiger partial charge in [-0.2, -0.15) is 0 Å². The minimum absolute atomic E-state index is 0.390. The summed E-state index contributed by atoms with van der Waals surface area (Å²) in [5.41, 5.74) is 7.06. The molecule has 20 heavy (non-hydrogen) atoms. The van der Waals surface area contributed by atoms with Crippen molar-refractivity contribution in [2.45, 2.75) is 6.54 Å². The van der Waals surface area contributed by atoms with Crippen molar-refractivity contribution >= 4 is 17.0 Å². The van der Waals surface area contributed by atoms with Crippen LogP contribution in [0.1, 0.15) is 0 Å². The monoisotopic (exact) mass is 281 g/mol. The molecule has 2 N–H and O–H groups in total. The lowest BCUT2D eigenvalue weighted by Crippen LogP contribution is -2.11. The Labute approximate surface area is 116 Å². The Hall–Kier alpha value is -1.77. The Bertz CT molecular complexity index is 531. The van der Waals surface area contributed by atoms with Crippen molar-refractivity contribution in [3.8, 4) is 0 Å². The molecular weight excluding hydrogens is 262 g/mol. The van der Waals surface area contributed by atoms with Crippen LogP contribution in [0.5, 0.6) is 0 Å². The molecule has 0 fully saturated rings. The second-order valence-corrected chi connectivity index (χ2v) is 4.09. The van der Waals surface area contributed by atoms with Gasteiger partial charge >= 0.3 is 0 Å². The van der Waals surface area contributed by atoms with E-state index < -0.39 is 0 Å². The third-order valence-electron chi connectivity index (χ3n) is 2.71. The zero-order valence-corrected chi connectivity index (χ0v) is 11.5.